The topological polar surface area (TPSA) is 61.9 Å². The van der Waals surface area contributed by atoms with Gasteiger partial charge in [0, 0.05) is 11.8 Å². The van der Waals surface area contributed by atoms with Crippen LogP contribution in [0.2, 0.25) is 0 Å². The summed E-state index contributed by atoms with van der Waals surface area (Å²) in [6.45, 7) is 7.92. The fraction of sp³-hybridized carbons (Fsp3) is 0.667. The van der Waals surface area contributed by atoms with Gasteiger partial charge in [0.1, 0.15) is 5.76 Å². The van der Waals surface area contributed by atoms with Crippen LogP contribution in [-0.4, -0.2) is 22.8 Å². The van der Waals surface area contributed by atoms with Crippen LogP contribution in [0, 0.1) is 25.2 Å². The van der Waals surface area contributed by atoms with Crippen molar-refractivity contribution < 1.29 is 4.42 Å². The van der Waals surface area contributed by atoms with E-state index in [0.29, 0.717) is 11.3 Å². The molecule has 94 valence electrons. The monoisotopic (exact) mass is 253 g/mol. The molecule has 5 heteroatoms. The van der Waals surface area contributed by atoms with Crippen LogP contribution in [0.25, 0.3) is 0 Å². The Bertz CT molecular complexity index is 375. The summed E-state index contributed by atoms with van der Waals surface area (Å²) in [4.78, 5) is 4.29. The van der Waals surface area contributed by atoms with Gasteiger partial charge in [-0.25, -0.2) is 4.98 Å². The molecule has 0 aliphatic heterocycles. The third-order valence-corrected chi connectivity index (χ3v) is 3.19. The minimum absolute atomic E-state index is 0.0975. The molecule has 0 aromatic carbocycles. The van der Waals surface area contributed by atoms with E-state index < -0.39 is 0 Å². The third kappa shape index (κ3) is 4.80. The maximum Gasteiger partial charge on any atom is 0.256 e. The molecule has 0 spiro atoms. The Labute approximate surface area is 107 Å². The zero-order valence-electron chi connectivity index (χ0n) is 10.8. The molecule has 0 fully saturated rings. The second kappa shape index (κ2) is 6.67. The number of nitrogens with zero attached hydrogens (tertiary/aromatic N) is 2. The summed E-state index contributed by atoms with van der Waals surface area (Å²) in [6, 6.07) is 2.49. The normalized spacial score (nSPS) is 12.7. The molecule has 0 saturated heterocycles. The summed E-state index contributed by atoms with van der Waals surface area (Å²) in [5.41, 5.74) is 0.935. The maximum absolute atomic E-state index is 8.96. The van der Waals surface area contributed by atoms with Crippen molar-refractivity contribution in [2.24, 2.45) is 0 Å². The number of hydrogen-bond donors (Lipinski definition) is 1. The zero-order chi connectivity index (χ0) is 12.8. The van der Waals surface area contributed by atoms with Crippen LogP contribution < -0.4 is 5.32 Å². The van der Waals surface area contributed by atoms with Crippen molar-refractivity contribution in [2.45, 2.75) is 51.4 Å². The first-order chi connectivity index (χ1) is 8.02. The summed E-state index contributed by atoms with van der Waals surface area (Å²) in [5, 5.41) is 12.9. The van der Waals surface area contributed by atoms with Crippen LogP contribution in [0.3, 0.4) is 0 Å². The number of nitrogens with one attached hydrogen (secondary N) is 1. The van der Waals surface area contributed by atoms with Gasteiger partial charge in [0.2, 0.25) is 0 Å². The molecule has 0 aliphatic rings. The summed E-state index contributed by atoms with van der Waals surface area (Å²) in [5.74, 6) is 1.70. The van der Waals surface area contributed by atoms with Crippen molar-refractivity contribution in [1.82, 2.24) is 10.3 Å². The van der Waals surface area contributed by atoms with Crippen LogP contribution in [0.1, 0.15) is 31.7 Å². The van der Waals surface area contributed by atoms with E-state index in [0.717, 1.165) is 23.6 Å². The summed E-state index contributed by atoms with van der Waals surface area (Å²) >= 11 is 1.56. The zero-order valence-corrected chi connectivity index (χ0v) is 11.6. The lowest BCUT2D eigenvalue weighted by Gasteiger charge is -2.13. The largest absolute Gasteiger partial charge is 0.437 e. The smallest absolute Gasteiger partial charge is 0.256 e. The molecule has 1 unspecified atom stereocenters. The van der Waals surface area contributed by atoms with Crippen LogP contribution in [0.4, 0.5) is 0 Å². The molecular formula is C12H19N3OS. The molecule has 1 heterocycles. The van der Waals surface area contributed by atoms with E-state index in [1.165, 1.54) is 0 Å². The average Bonchev–Trinajstić information content (AvgIpc) is 2.56. The van der Waals surface area contributed by atoms with Crippen LogP contribution in [0.5, 0.6) is 0 Å². The molecule has 0 aliphatic carbocycles. The van der Waals surface area contributed by atoms with Crippen LogP contribution in [-0.2, 0) is 0 Å². The molecular weight excluding hydrogens is 234 g/mol. The Morgan fingerprint density at radius 1 is 1.47 bits per heavy atom. The van der Waals surface area contributed by atoms with Crippen molar-refractivity contribution in [3.05, 3.63) is 11.5 Å². The minimum atomic E-state index is -0.0975. The van der Waals surface area contributed by atoms with Crippen molar-refractivity contribution >= 4 is 11.8 Å². The van der Waals surface area contributed by atoms with Gasteiger partial charge in [-0.1, -0.05) is 11.8 Å². The molecule has 1 atom stereocenters. The summed E-state index contributed by atoms with van der Waals surface area (Å²) in [6.07, 6.45) is 0.791. The number of aromatic nitrogens is 1. The second-order valence-corrected chi connectivity index (χ2v) is 5.31. The van der Waals surface area contributed by atoms with Crippen molar-refractivity contribution in [2.75, 3.05) is 5.75 Å². The number of rotatable bonds is 6. The van der Waals surface area contributed by atoms with Crippen molar-refractivity contribution in [3.8, 4) is 6.07 Å². The molecule has 1 rings (SSSR count). The minimum Gasteiger partial charge on any atom is -0.437 e. The first-order valence-corrected chi connectivity index (χ1v) is 6.74. The maximum atomic E-state index is 8.96. The van der Waals surface area contributed by atoms with E-state index in [1.807, 2.05) is 27.7 Å². The number of hydrogen-bond acceptors (Lipinski definition) is 5. The van der Waals surface area contributed by atoms with E-state index in [1.54, 1.807) is 11.8 Å². The predicted molar refractivity (Wildman–Crippen MR) is 69.0 cm³/mol. The highest BCUT2D eigenvalue weighted by Gasteiger charge is 2.10. The highest BCUT2D eigenvalue weighted by Crippen LogP contribution is 2.21. The SMILES string of the molecule is Cc1nc(SCCC(C#N)NC(C)C)oc1C. The first kappa shape index (κ1) is 14.1. The number of nitriles is 1. The Morgan fingerprint density at radius 2 is 2.18 bits per heavy atom. The van der Waals surface area contributed by atoms with Crippen LogP contribution >= 0.6 is 11.8 Å². The molecule has 0 bridgehead atoms. The third-order valence-electron chi connectivity index (χ3n) is 2.33. The fourth-order valence-corrected chi connectivity index (χ4v) is 2.27. The summed E-state index contributed by atoms with van der Waals surface area (Å²) in [7, 11) is 0. The van der Waals surface area contributed by atoms with Gasteiger partial charge in [-0.2, -0.15) is 5.26 Å². The van der Waals surface area contributed by atoms with Gasteiger partial charge in [0.05, 0.1) is 17.8 Å². The Morgan fingerprint density at radius 3 is 2.65 bits per heavy atom. The molecule has 1 aromatic rings. The van der Waals surface area contributed by atoms with E-state index in [-0.39, 0.29) is 6.04 Å². The Hall–Kier alpha value is -0.990. The lowest BCUT2D eigenvalue weighted by Crippen LogP contribution is -2.33. The average molecular weight is 253 g/mol. The lowest BCUT2D eigenvalue weighted by molar-refractivity contribution is 0.430. The van der Waals surface area contributed by atoms with Gasteiger partial charge in [0.15, 0.2) is 0 Å². The Balaban J connectivity index is 2.34. The molecule has 0 radical (unpaired) electrons. The molecule has 0 amide bonds. The first-order valence-electron chi connectivity index (χ1n) is 5.75. The van der Waals surface area contributed by atoms with E-state index in [9.17, 15) is 0 Å². The number of oxazole rings is 1. The molecule has 17 heavy (non-hydrogen) atoms. The fourth-order valence-electron chi connectivity index (χ4n) is 1.36. The summed E-state index contributed by atoms with van der Waals surface area (Å²) < 4.78 is 5.46. The molecule has 1 aromatic heterocycles. The van der Waals surface area contributed by atoms with E-state index in [2.05, 4.69) is 16.4 Å². The molecule has 0 saturated carbocycles. The van der Waals surface area contributed by atoms with Gasteiger partial charge in [-0.05, 0) is 34.1 Å². The highest BCUT2D eigenvalue weighted by atomic mass is 32.2. The lowest BCUT2D eigenvalue weighted by atomic mass is 10.2. The molecule has 1 N–H and O–H groups in total. The number of thioether (sulfide) groups is 1. The van der Waals surface area contributed by atoms with E-state index >= 15 is 0 Å². The van der Waals surface area contributed by atoms with Crippen LogP contribution in [0.15, 0.2) is 9.64 Å². The van der Waals surface area contributed by atoms with E-state index in [4.69, 9.17) is 9.68 Å². The Kier molecular flexibility index (Phi) is 5.52. The van der Waals surface area contributed by atoms with Gasteiger partial charge in [-0.15, -0.1) is 0 Å². The van der Waals surface area contributed by atoms with Crippen molar-refractivity contribution in [1.29, 1.82) is 5.26 Å². The standard InChI is InChI=1S/C12H19N3OS/c1-8(2)14-11(7-13)5-6-17-12-15-9(3)10(4)16-12/h8,11,14H,5-6H2,1-4H3. The highest BCUT2D eigenvalue weighted by molar-refractivity contribution is 7.99. The van der Waals surface area contributed by atoms with Gasteiger partial charge in [-0.3, -0.25) is 5.32 Å². The second-order valence-electron chi connectivity index (χ2n) is 4.26. The number of aryl methyl sites for hydroxylation is 2. The van der Waals surface area contributed by atoms with Gasteiger partial charge < -0.3 is 4.42 Å². The molecule has 4 nitrogen and oxygen atoms in total. The van der Waals surface area contributed by atoms with Gasteiger partial charge in [0.25, 0.3) is 5.22 Å². The van der Waals surface area contributed by atoms with Gasteiger partial charge >= 0.3 is 0 Å². The quantitative estimate of drug-likeness (QED) is 0.790. The predicted octanol–water partition coefficient (Wildman–Crippen LogP) is 2.66. The van der Waals surface area contributed by atoms with Crippen molar-refractivity contribution in [3.63, 3.8) is 0 Å².